The highest BCUT2D eigenvalue weighted by Crippen LogP contribution is 2.33. The van der Waals surface area contributed by atoms with Crippen molar-refractivity contribution in [1.29, 1.82) is 0 Å². The van der Waals surface area contributed by atoms with E-state index in [0.717, 1.165) is 28.4 Å². The Kier molecular flexibility index (Phi) is 4.99. The van der Waals surface area contributed by atoms with Crippen molar-refractivity contribution in [3.8, 4) is 10.4 Å². The quantitative estimate of drug-likeness (QED) is 0.671. The molecule has 4 heterocycles. The first-order chi connectivity index (χ1) is 12.6. The lowest BCUT2D eigenvalue weighted by Crippen LogP contribution is -2.38. The number of nitrogens with zero attached hydrogens (tertiary/aromatic N) is 3. The van der Waals surface area contributed by atoms with Crippen LogP contribution in [-0.2, 0) is 22.6 Å². The van der Waals surface area contributed by atoms with E-state index in [0.29, 0.717) is 31.0 Å². The molecule has 0 amide bonds. The lowest BCUT2D eigenvalue weighted by atomic mass is 10.2. The molecular weight excluding hydrogens is 370 g/mol. The van der Waals surface area contributed by atoms with Gasteiger partial charge in [0.2, 0.25) is 0 Å². The number of thiophene rings is 2. The standard InChI is InChI=1S/C18H19N3O3S2/c1-12(22)9-21-15(10-20-4-6-24-7-5-20)19-17-16(18(21)23)13(11-26-17)14-3-2-8-25-14/h2-3,8,11H,4-7,9-10H2,1H3. The molecule has 0 aliphatic carbocycles. The van der Waals surface area contributed by atoms with Crippen LogP contribution < -0.4 is 5.56 Å². The zero-order chi connectivity index (χ0) is 18.1. The number of fused-ring (bicyclic) bond motifs is 1. The molecule has 6 nitrogen and oxygen atoms in total. The fourth-order valence-electron chi connectivity index (χ4n) is 3.15. The maximum absolute atomic E-state index is 13.2. The summed E-state index contributed by atoms with van der Waals surface area (Å²) >= 11 is 3.08. The first-order valence-electron chi connectivity index (χ1n) is 8.48. The van der Waals surface area contributed by atoms with Gasteiger partial charge in [-0.2, -0.15) is 0 Å². The van der Waals surface area contributed by atoms with Gasteiger partial charge in [-0.05, 0) is 18.4 Å². The molecule has 0 aromatic carbocycles. The number of ketones is 1. The van der Waals surface area contributed by atoms with Crippen molar-refractivity contribution in [3.63, 3.8) is 0 Å². The molecule has 3 aromatic heterocycles. The van der Waals surface area contributed by atoms with E-state index in [9.17, 15) is 9.59 Å². The molecule has 0 atom stereocenters. The van der Waals surface area contributed by atoms with Crippen molar-refractivity contribution in [1.82, 2.24) is 14.5 Å². The largest absolute Gasteiger partial charge is 0.379 e. The SMILES string of the molecule is CC(=O)Cn1c(CN2CCOCC2)nc2scc(-c3cccs3)c2c1=O. The minimum absolute atomic E-state index is 0.0515. The van der Waals surface area contributed by atoms with E-state index < -0.39 is 0 Å². The Hall–Kier alpha value is -1.87. The fourth-order valence-corrected chi connectivity index (χ4v) is 4.92. The van der Waals surface area contributed by atoms with E-state index in [1.165, 1.54) is 18.3 Å². The molecule has 4 rings (SSSR count). The van der Waals surface area contributed by atoms with Gasteiger partial charge >= 0.3 is 0 Å². The molecule has 1 aliphatic rings. The van der Waals surface area contributed by atoms with Crippen LogP contribution in [0, 0.1) is 0 Å². The predicted octanol–water partition coefficient (Wildman–Crippen LogP) is 2.61. The Morgan fingerprint density at radius 1 is 1.31 bits per heavy atom. The van der Waals surface area contributed by atoms with E-state index in [1.807, 2.05) is 22.9 Å². The highest BCUT2D eigenvalue weighted by Gasteiger charge is 2.20. The van der Waals surface area contributed by atoms with Crippen molar-refractivity contribution in [2.24, 2.45) is 0 Å². The molecular formula is C18H19N3O3S2. The molecule has 26 heavy (non-hydrogen) atoms. The number of rotatable bonds is 5. The summed E-state index contributed by atoms with van der Waals surface area (Å²) in [6, 6.07) is 3.97. The summed E-state index contributed by atoms with van der Waals surface area (Å²) in [6.45, 7) is 5.08. The van der Waals surface area contributed by atoms with Gasteiger partial charge in [0, 0.05) is 28.9 Å². The number of ether oxygens (including phenoxy) is 1. The number of carbonyl (C=O) groups excluding carboxylic acids is 1. The Morgan fingerprint density at radius 3 is 2.81 bits per heavy atom. The Labute approximate surface area is 158 Å². The van der Waals surface area contributed by atoms with Gasteiger partial charge in [-0.1, -0.05) is 6.07 Å². The van der Waals surface area contributed by atoms with E-state index >= 15 is 0 Å². The Bertz CT molecular complexity index is 985. The summed E-state index contributed by atoms with van der Waals surface area (Å²) in [5.41, 5.74) is 0.783. The number of hydrogen-bond donors (Lipinski definition) is 0. The average Bonchev–Trinajstić information content (AvgIpc) is 3.28. The maximum atomic E-state index is 13.2. The molecule has 0 unspecified atom stereocenters. The second-order valence-corrected chi connectivity index (χ2v) is 8.12. The zero-order valence-electron chi connectivity index (χ0n) is 14.4. The monoisotopic (exact) mass is 389 g/mol. The van der Waals surface area contributed by atoms with Gasteiger partial charge in [0.15, 0.2) is 0 Å². The summed E-state index contributed by atoms with van der Waals surface area (Å²) in [7, 11) is 0. The van der Waals surface area contributed by atoms with Crippen LogP contribution >= 0.6 is 22.7 Å². The summed E-state index contributed by atoms with van der Waals surface area (Å²) in [5, 5.41) is 4.60. The smallest absolute Gasteiger partial charge is 0.263 e. The molecule has 8 heteroatoms. The van der Waals surface area contributed by atoms with Gasteiger partial charge < -0.3 is 4.74 Å². The third kappa shape index (κ3) is 3.37. The summed E-state index contributed by atoms with van der Waals surface area (Å²) in [5.74, 6) is 0.601. The molecule has 0 bridgehead atoms. The molecule has 136 valence electrons. The molecule has 0 radical (unpaired) electrons. The topological polar surface area (TPSA) is 64.4 Å². The lowest BCUT2D eigenvalue weighted by molar-refractivity contribution is -0.117. The zero-order valence-corrected chi connectivity index (χ0v) is 16.1. The number of carbonyl (C=O) groups is 1. The van der Waals surface area contributed by atoms with Gasteiger partial charge in [-0.25, -0.2) is 4.98 Å². The third-order valence-electron chi connectivity index (χ3n) is 4.41. The van der Waals surface area contributed by atoms with E-state index in [4.69, 9.17) is 9.72 Å². The van der Waals surface area contributed by atoms with Crippen molar-refractivity contribution in [2.45, 2.75) is 20.0 Å². The molecule has 3 aromatic rings. The second kappa shape index (κ2) is 7.40. The van der Waals surface area contributed by atoms with Gasteiger partial charge in [-0.3, -0.25) is 19.1 Å². The van der Waals surface area contributed by atoms with Crippen LogP contribution in [0.2, 0.25) is 0 Å². The number of hydrogen-bond acceptors (Lipinski definition) is 7. The summed E-state index contributed by atoms with van der Waals surface area (Å²) in [6.07, 6.45) is 0. The van der Waals surface area contributed by atoms with E-state index in [-0.39, 0.29) is 17.9 Å². The van der Waals surface area contributed by atoms with Crippen LogP contribution in [-0.4, -0.2) is 46.5 Å². The summed E-state index contributed by atoms with van der Waals surface area (Å²) < 4.78 is 6.93. The minimum atomic E-state index is -0.127. The second-order valence-electron chi connectivity index (χ2n) is 6.32. The van der Waals surface area contributed by atoms with Crippen molar-refractivity contribution in [2.75, 3.05) is 26.3 Å². The van der Waals surface area contributed by atoms with Gasteiger partial charge in [0.1, 0.15) is 16.4 Å². The van der Waals surface area contributed by atoms with E-state index in [1.54, 1.807) is 15.9 Å². The van der Waals surface area contributed by atoms with Gasteiger partial charge in [0.25, 0.3) is 5.56 Å². The van der Waals surface area contributed by atoms with Crippen LogP contribution in [0.3, 0.4) is 0 Å². The van der Waals surface area contributed by atoms with Gasteiger partial charge in [0.05, 0.1) is 31.7 Å². The fraction of sp³-hybridized carbons (Fsp3) is 0.389. The summed E-state index contributed by atoms with van der Waals surface area (Å²) in [4.78, 5) is 33.8. The van der Waals surface area contributed by atoms with Crippen LogP contribution in [0.15, 0.2) is 27.7 Å². The molecule has 1 saturated heterocycles. The predicted molar refractivity (Wildman–Crippen MR) is 104 cm³/mol. The van der Waals surface area contributed by atoms with Crippen LogP contribution in [0.1, 0.15) is 12.7 Å². The van der Waals surface area contributed by atoms with Crippen LogP contribution in [0.25, 0.3) is 20.7 Å². The van der Waals surface area contributed by atoms with Gasteiger partial charge in [-0.15, -0.1) is 22.7 Å². The normalized spacial score (nSPS) is 15.6. The molecule has 0 spiro atoms. The van der Waals surface area contributed by atoms with Crippen molar-refractivity contribution < 1.29 is 9.53 Å². The lowest BCUT2D eigenvalue weighted by Gasteiger charge is -2.27. The minimum Gasteiger partial charge on any atom is -0.379 e. The highest BCUT2D eigenvalue weighted by atomic mass is 32.1. The van der Waals surface area contributed by atoms with Crippen LogP contribution in [0.5, 0.6) is 0 Å². The highest BCUT2D eigenvalue weighted by molar-refractivity contribution is 7.18. The van der Waals surface area contributed by atoms with Crippen molar-refractivity contribution in [3.05, 3.63) is 39.1 Å². The molecule has 0 N–H and O–H groups in total. The number of Topliss-reactive ketones (excluding diaryl/α,β-unsaturated/α-hetero) is 1. The van der Waals surface area contributed by atoms with E-state index in [2.05, 4.69) is 4.90 Å². The first kappa shape index (κ1) is 17.5. The average molecular weight is 390 g/mol. The maximum Gasteiger partial charge on any atom is 0.263 e. The first-order valence-corrected chi connectivity index (χ1v) is 10.2. The number of morpholine rings is 1. The Morgan fingerprint density at radius 2 is 2.12 bits per heavy atom. The Balaban J connectivity index is 1.83. The molecule has 1 aliphatic heterocycles. The van der Waals surface area contributed by atoms with Crippen molar-refractivity contribution >= 4 is 38.7 Å². The third-order valence-corrected chi connectivity index (χ3v) is 6.18. The molecule has 1 fully saturated rings. The number of aromatic nitrogens is 2. The van der Waals surface area contributed by atoms with Crippen LogP contribution in [0.4, 0.5) is 0 Å². The molecule has 0 saturated carbocycles.